The lowest BCUT2D eigenvalue weighted by molar-refractivity contribution is -0.147. The van der Waals surface area contributed by atoms with Crippen LogP contribution in [0.4, 0.5) is 0 Å². The maximum atomic E-state index is 10.9. The van der Waals surface area contributed by atoms with Gasteiger partial charge in [0.05, 0.1) is 0 Å². The molecular weight excluding hydrogens is 180 g/mol. The van der Waals surface area contributed by atoms with Crippen molar-refractivity contribution in [3.63, 3.8) is 0 Å². The topological polar surface area (TPSA) is 55.6 Å². The van der Waals surface area contributed by atoms with Crippen molar-refractivity contribution in [3.05, 3.63) is 0 Å². The Morgan fingerprint density at radius 1 is 1.43 bits per heavy atom. The molecule has 80 valence electrons. The van der Waals surface area contributed by atoms with Crippen molar-refractivity contribution in [3.8, 4) is 0 Å². The first-order chi connectivity index (χ1) is 6.66. The molecule has 2 N–H and O–H groups in total. The molecule has 2 aliphatic heterocycles. The molecule has 0 aromatic carbocycles. The second kappa shape index (κ2) is 3.87. The first-order valence-corrected chi connectivity index (χ1v) is 5.33. The Balaban J connectivity index is 1.95. The summed E-state index contributed by atoms with van der Waals surface area (Å²) in [6, 6.07) is 0.737. The fourth-order valence-corrected chi connectivity index (χ4v) is 2.61. The van der Waals surface area contributed by atoms with Gasteiger partial charge in [-0.25, -0.2) is 0 Å². The summed E-state index contributed by atoms with van der Waals surface area (Å²) in [5.74, 6) is -0.160. The SMILES string of the molecule is CC(=O)OC1CCN2CC(N)CCC12. The van der Waals surface area contributed by atoms with Crippen LogP contribution in [0.3, 0.4) is 0 Å². The molecule has 2 saturated heterocycles. The first kappa shape index (κ1) is 9.93. The number of fused-ring (bicyclic) bond motifs is 1. The highest BCUT2D eigenvalue weighted by molar-refractivity contribution is 5.66. The predicted octanol–water partition coefficient (Wildman–Crippen LogP) is 0.114. The summed E-state index contributed by atoms with van der Waals surface area (Å²) in [6.07, 6.45) is 3.20. The van der Waals surface area contributed by atoms with Crippen LogP contribution in [-0.4, -0.2) is 42.1 Å². The van der Waals surface area contributed by atoms with Crippen LogP contribution in [-0.2, 0) is 9.53 Å². The van der Waals surface area contributed by atoms with Gasteiger partial charge in [-0.05, 0) is 19.3 Å². The van der Waals surface area contributed by atoms with Gasteiger partial charge in [0.15, 0.2) is 0 Å². The van der Waals surface area contributed by atoms with E-state index in [-0.39, 0.29) is 12.1 Å². The van der Waals surface area contributed by atoms with Crippen LogP contribution in [0.25, 0.3) is 0 Å². The zero-order valence-electron chi connectivity index (χ0n) is 8.61. The van der Waals surface area contributed by atoms with Gasteiger partial charge in [-0.15, -0.1) is 0 Å². The molecule has 0 spiro atoms. The number of rotatable bonds is 1. The zero-order valence-corrected chi connectivity index (χ0v) is 8.61. The number of hydrogen-bond donors (Lipinski definition) is 1. The van der Waals surface area contributed by atoms with Gasteiger partial charge >= 0.3 is 5.97 Å². The number of hydrogen-bond acceptors (Lipinski definition) is 4. The second-order valence-corrected chi connectivity index (χ2v) is 4.34. The number of nitrogens with zero attached hydrogens (tertiary/aromatic N) is 1. The van der Waals surface area contributed by atoms with Crippen LogP contribution in [0, 0.1) is 0 Å². The lowest BCUT2D eigenvalue weighted by Gasteiger charge is -2.34. The minimum absolute atomic E-state index is 0.111. The normalized spacial score (nSPS) is 38.0. The van der Waals surface area contributed by atoms with Crippen molar-refractivity contribution in [2.75, 3.05) is 13.1 Å². The molecule has 0 bridgehead atoms. The molecule has 0 radical (unpaired) electrons. The lowest BCUT2D eigenvalue weighted by atomic mass is 9.98. The summed E-state index contributed by atoms with van der Waals surface area (Å²) >= 11 is 0. The molecule has 2 rings (SSSR count). The number of piperidine rings is 1. The Hall–Kier alpha value is -0.610. The van der Waals surface area contributed by atoms with Crippen molar-refractivity contribution in [1.29, 1.82) is 0 Å². The predicted molar refractivity (Wildman–Crippen MR) is 52.7 cm³/mol. The summed E-state index contributed by atoms with van der Waals surface area (Å²) in [7, 11) is 0. The van der Waals surface area contributed by atoms with Gasteiger partial charge in [0.1, 0.15) is 6.10 Å². The fraction of sp³-hybridized carbons (Fsp3) is 0.900. The maximum absolute atomic E-state index is 10.9. The van der Waals surface area contributed by atoms with Gasteiger partial charge in [-0.2, -0.15) is 0 Å². The quantitative estimate of drug-likeness (QED) is 0.608. The molecule has 0 aromatic rings. The monoisotopic (exact) mass is 198 g/mol. The van der Waals surface area contributed by atoms with E-state index in [2.05, 4.69) is 4.90 Å². The molecule has 0 amide bonds. The van der Waals surface area contributed by atoms with Gasteiger partial charge in [-0.3, -0.25) is 9.69 Å². The third-order valence-corrected chi connectivity index (χ3v) is 3.22. The average molecular weight is 198 g/mol. The van der Waals surface area contributed by atoms with Crippen LogP contribution in [0.1, 0.15) is 26.2 Å². The number of esters is 1. The molecule has 4 heteroatoms. The Kier molecular flexibility index (Phi) is 2.74. The number of nitrogens with two attached hydrogens (primary N) is 1. The van der Waals surface area contributed by atoms with Crippen LogP contribution in [0.2, 0.25) is 0 Å². The van der Waals surface area contributed by atoms with Crippen LogP contribution in [0.15, 0.2) is 0 Å². The van der Waals surface area contributed by atoms with Crippen LogP contribution < -0.4 is 5.73 Å². The van der Waals surface area contributed by atoms with Crippen molar-refractivity contribution in [2.24, 2.45) is 5.73 Å². The summed E-state index contributed by atoms with van der Waals surface area (Å²) in [4.78, 5) is 13.2. The van der Waals surface area contributed by atoms with E-state index in [0.717, 1.165) is 32.4 Å². The molecule has 14 heavy (non-hydrogen) atoms. The molecule has 0 aromatic heterocycles. The Labute approximate surface area is 84.4 Å². The molecule has 2 heterocycles. The summed E-state index contributed by atoms with van der Waals surface area (Å²) < 4.78 is 5.29. The number of carbonyl (C=O) groups is 1. The lowest BCUT2D eigenvalue weighted by Crippen LogP contribution is -2.48. The molecule has 4 nitrogen and oxygen atoms in total. The smallest absolute Gasteiger partial charge is 0.302 e. The van der Waals surface area contributed by atoms with E-state index >= 15 is 0 Å². The van der Waals surface area contributed by atoms with Crippen LogP contribution >= 0.6 is 0 Å². The van der Waals surface area contributed by atoms with E-state index in [9.17, 15) is 4.79 Å². The van der Waals surface area contributed by atoms with Gasteiger partial charge in [-0.1, -0.05) is 0 Å². The van der Waals surface area contributed by atoms with E-state index in [1.165, 1.54) is 6.92 Å². The van der Waals surface area contributed by atoms with E-state index in [0.29, 0.717) is 12.1 Å². The Bertz CT molecular complexity index is 232. The van der Waals surface area contributed by atoms with E-state index in [1.807, 2.05) is 0 Å². The summed E-state index contributed by atoms with van der Waals surface area (Å²) in [5.41, 5.74) is 5.89. The van der Waals surface area contributed by atoms with Crippen molar-refractivity contribution in [2.45, 2.75) is 44.4 Å². The molecule has 3 unspecified atom stereocenters. The van der Waals surface area contributed by atoms with Crippen molar-refractivity contribution >= 4 is 5.97 Å². The van der Waals surface area contributed by atoms with Gasteiger partial charge in [0.25, 0.3) is 0 Å². The van der Waals surface area contributed by atoms with Crippen molar-refractivity contribution < 1.29 is 9.53 Å². The largest absolute Gasteiger partial charge is 0.461 e. The molecule has 0 aliphatic carbocycles. The summed E-state index contributed by atoms with van der Waals surface area (Å²) in [5, 5.41) is 0. The van der Waals surface area contributed by atoms with Crippen LogP contribution in [0.5, 0.6) is 0 Å². The van der Waals surface area contributed by atoms with E-state index < -0.39 is 0 Å². The number of carbonyl (C=O) groups excluding carboxylic acids is 1. The Morgan fingerprint density at radius 3 is 2.93 bits per heavy atom. The minimum Gasteiger partial charge on any atom is -0.461 e. The maximum Gasteiger partial charge on any atom is 0.302 e. The molecule has 2 fully saturated rings. The molecule has 2 aliphatic rings. The summed E-state index contributed by atoms with van der Waals surface area (Å²) in [6.45, 7) is 3.47. The highest BCUT2D eigenvalue weighted by atomic mass is 16.5. The van der Waals surface area contributed by atoms with Gasteiger partial charge in [0.2, 0.25) is 0 Å². The highest BCUT2D eigenvalue weighted by Gasteiger charge is 2.39. The average Bonchev–Trinajstić information content (AvgIpc) is 2.47. The third kappa shape index (κ3) is 1.91. The van der Waals surface area contributed by atoms with Gasteiger partial charge in [0, 0.05) is 32.1 Å². The Morgan fingerprint density at radius 2 is 2.21 bits per heavy atom. The highest BCUT2D eigenvalue weighted by Crippen LogP contribution is 2.28. The van der Waals surface area contributed by atoms with Gasteiger partial charge < -0.3 is 10.5 Å². The minimum atomic E-state index is -0.160. The first-order valence-electron chi connectivity index (χ1n) is 5.33. The molecule has 0 saturated carbocycles. The fourth-order valence-electron chi connectivity index (χ4n) is 2.61. The second-order valence-electron chi connectivity index (χ2n) is 4.34. The van der Waals surface area contributed by atoms with Crippen molar-refractivity contribution in [1.82, 2.24) is 4.90 Å². The van der Waals surface area contributed by atoms with E-state index in [1.54, 1.807) is 0 Å². The molecule has 3 atom stereocenters. The number of ether oxygens (including phenoxy) is 1. The third-order valence-electron chi connectivity index (χ3n) is 3.22. The molecular formula is C10H18N2O2. The standard InChI is InChI=1S/C10H18N2O2/c1-7(13)14-10-4-5-12-6-8(11)2-3-9(10)12/h8-10H,2-6,11H2,1H3. The van der Waals surface area contributed by atoms with E-state index in [4.69, 9.17) is 10.5 Å². The zero-order chi connectivity index (χ0) is 10.1.